The van der Waals surface area contributed by atoms with Crippen LogP contribution in [0.5, 0.6) is 0 Å². The molecule has 2 heterocycles. The molecule has 3 rings (SSSR count). The molecule has 1 aromatic carbocycles. The van der Waals surface area contributed by atoms with Crippen molar-refractivity contribution in [3.63, 3.8) is 0 Å². The summed E-state index contributed by atoms with van der Waals surface area (Å²) in [5.74, 6) is -0.301. The Kier molecular flexibility index (Phi) is 6.53. The summed E-state index contributed by atoms with van der Waals surface area (Å²) in [6.07, 6.45) is 1.65. The van der Waals surface area contributed by atoms with Crippen molar-refractivity contribution < 1.29 is 18.0 Å². The fourth-order valence-corrected chi connectivity index (χ4v) is 4.77. The van der Waals surface area contributed by atoms with Gasteiger partial charge in [-0.05, 0) is 38.3 Å². The number of rotatable bonds is 6. The highest BCUT2D eigenvalue weighted by Gasteiger charge is 2.31. The van der Waals surface area contributed by atoms with Gasteiger partial charge in [0.2, 0.25) is 15.9 Å². The standard InChI is InChI=1S/C19H27N5O4S/c1-3-12-29(27,28)22-15-8-10-23(11-9-15)19(26)18-20-13-17(25)24(21-18)16-6-4-14(2)5-7-16/h4-7,15,22H,3,8-13H2,1-2H3,(H,20,21). The van der Waals surface area contributed by atoms with Crippen LogP contribution in [-0.4, -0.2) is 62.4 Å². The van der Waals surface area contributed by atoms with Gasteiger partial charge in [-0.25, -0.2) is 18.1 Å². The zero-order valence-electron chi connectivity index (χ0n) is 16.7. The lowest BCUT2D eigenvalue weighted by atomic mass is 10.1. The van der Waals surface area contributed by atoms with Crippen molar-refractivity contribution in [1.82, 2.24) is 15.0 Å². The number of sulfonamides is 1. The zero-order valence-corrected chi connectivity index (χ0v) is 17.5. The Bertz CT molecular complexity index is 890. The van der Waals surface area contributed by atoms with Gasteiger partial charge >= 0.3 is 0 Å². The first-order valence-corrected chi connectivity index (χ1v) is 11.4. The predicted octanol–water partition coefficient (Wildman–Crippen LogP) is 0.565. The van der Waals surface area contributed by atoms with Gasteiger partial charge in [-0.3, -0.25) is 20.0 Å². The van der Waals surface area contributed by atoms with Gasteiger partial charge in [0, 0.05) is 19.1 Å². The van der Waals surface area contributed by atoms with Gasteiger partial charge in [0.05, 0.1) is 11.4 Å². The Morgan fingerprint density at radius 2 is 1.90 bits per heavy atom. The minimum atomic E-state index is -3.27. The van der Waals surface area contributed by atoms with Crippen LogP contribution >= 0.6 is 0 Å². The molecule has 0 aromatic heterocycles. The lowest BCUT2D eigenvalue weighted by molar-refractivity contribution is -0.125. The van der Waals surface area contributed by atoms with E-state index in [9.17, 15) is 18.0 Å². The number of hydrazine groups is 1. The van der Waals surface area contributed by atoms with Crippen molar-refractivity contribution in [3.05, 3.63) is 29.8 Å². The van der Waals surface area contributed by atoms with Crippen molar-refractivity contribution in [1.29, 1.82) is 0 Å². The number of aliphatic imine (C=N–C) groups is 1. The van der Waals surface area contributed by atoms with Gasteiger partial charge in [0.15, 0.2) is 0 Å². The van der Waals surface area contributed by atoms with E-state index in [4.69, 9.17) is 0 Å². The maximum atomic E-state index is 12.8. The van der Waals surface area contributed by atoms with E-state index in [1.807, 2.05) is 38.1 Å². The SMILES string of the molecule is CCCS(=O)(=O)NC1CCN(C(=O)C2=NCC(=O)N(c3ccc(C)cc3)N2)CC1. The van der Waals surface area contributed by atoms with Crippen molar-refractivity contribution >= 4 is 33.4 Å². The molecule has 158 valence electrons. The molecule has 0 saturated carbocycles. The molecule has 1 aromatic rings. The molecule has 0 spiro atoms. The Labute approximate surface area is 171 Å². The highest BCUT2D eigenvalue weighted by Crippen LogP contribution is 2.17. The second kappa shape index (κ2) is 8.91. The number of nitrogens with one attached hydrogen (secondary N) is 2. The summed E-state index contributed by atoms with van der Waals surface area (Å²) < 4.78 is 26.6. The summed E-state index contributed by atoms with van der Waals surface area (Å²) in [6, 6.07) is 7.23. The molecular weight excluding hydrogens is 394 g/mol. The van der Waals surface area contributed by atoms with Crippen LogP contribution in [0.1, 0.15) is 31.7 Å². The minimum Gasteiger partial charge on any atom is -0.336 e. The lowest BCUT2D eigenvalue weighted by Crippen LogP contribution is -2.57. The molecule has 1 saturated heterocycles. The van der Waals surface area contributed by atoms with Crippen LogP contribution in [0, 0.1) is 6.92 Å². The third kappa shape index (κ3) is 5.33. The number of amides is 2. The van der Waals surface area contributed by atoms with Crippen LogP contribution in [0.25, 0.3) is 0 Å². The zero-order chi connectivity index (χ0) is 21.0. The number of piperidine rings is 1. The first-order chi connectivity index (χ1) is 13.8. The lowest BCUT2D eigenvalue weighted by Gasteiger charge is -2.34. The van der Waals surface area contributed by atoms with E-state index in [0.717, 1.165) is 5.56 Å². The fraction of sp³-hybridized carbons (Fsp3) is 0.526. The van der Waals surface area contributed by atoms with Gasteiger partial charge in [-0.2, -0.15) is 0 Å². The number of likely N-dealkylation sites (tertiary alicyclic amines) is 1. The molecule has 1 fully saturated rings. The molecule has 0 bridgehead atoms. The normalized spacial score (nSPS) is 18.4. The van der Waals surface area contributed by atoms with Crippen LogP contribution in [-0.2, 0) is 19.6 Å². The largest absolute Gasteiger partial charge is 0.336 e. The molecule has 10 heteroatoms. The highest BCUT2D eigenvalue weighted by atomic mass is 32.2. The van der Waals surface area contributed by atoms with E-state index in [1.165, 1.54) is 5.01 Å². The summed E-state index contributed by atoms with van der Waals surface area (Å²) >= 11 is 0. The van der Waals surface area contributed by atoms with Crippen LogP contribution < -0.4 is 15.2 Å². The number of nitrogens with zero attached hydrogens (tertiary/aromatic N) is 3. The maximum Gasteiger partial charge on any atom is 0.290 e. The van der Waals surface area contributed by atoms with E-state index in [1.54, 1.807) is 4.90 Å². The Balaban J connectivity index is 1.59. The van der Waals surface area contributed by atoms with Crippen LogP contribution in [0.3, 0.4) is 0 Å². The number of hydrogen-bond acceptors (Lipinski definition) is 6. The van der Waals surface area contributed by atoms with E-state index in [0.29, 0.717) is 38.0 Å². The number of benzene rings is 1. The smallest absolute Gasteiger partial charge is 0.290 e. The summed E-state index contributed by atoms with van der Waals surface area (Å²) in [5, 5.41) is 1.34. The molecule has 0 radical (unpaired) electrons. The number of carbonyl (C=O) groups is 2. The predicted molar refractivity (Wildman–Crippen MR) is 111 cm³/mol. The molecule has 2 N–H and O–H groups in total. The van der Waals surface area contributed by atoms with Crippen LogP contribution in [0.15, 0.2) is 29.3 Å². The molecule has 0 unspecified atom stereocenters. The second-order valence-corrected chi connectivity index (χ2v) is 9.22. The van der Waals surface area contributed by atoms with Crippen molar-refractivity contribution in [2.24, 2.45) is 4.99 Å². The third-order valence-corrected chi connectivity index (χ3v) is 6.57. The molecule has 2 aliphatic rings. The Morgan fingerprint density at radius 3 is 2.52 bits per heavy atom. The third-order valence-electron chi connectivity index (χ3n) is 4.94. The molecule has 2 amide bonds. The average molecular weight is 422 g/mol. The Morgan fingerprint density at radius 1 is 1.24 bits per heavy atom. The number of anilines is 1. The van der Waals surface area contributed by atoms with E-state index in [-0.39, 0.29) is 36.0 Å². The van der Waals surface area contributed by atoms with Crippen LogP contribution in [0.2, 0.25) is 0 Å². The maximum absolute atomic E-state index is 12.8. The minimum absolute atomic E-state index is 0.102. The van der Waals surface area contributed by atoms with Gasteiger partial charge < -0.3 is 4.90 Å². The highest BCUT2D eigenvalue weighted by molar-refractivity contribution is 7.89. The summed E-state index contributed by atoms with van der Waals surface area (Å²) in [7, 11) is -3.27. The van der Waals surface area contributed by atoms with Crippen molar-refractivity contribution in [3.8, 4) is 0 Å². The topological polar surface area (TPSA) is 111 Å². The molecule has 29 heavy (non-hydrogen) atoms. The number of aryl methyl sites for hydroxylation is 1. The monoisotopic (exact) mass is 421 g/mol. The average Bonchev–Trinajstić information content (AvgIpc) is 2.69. The number of hydrogen-bond donors (Lipinski definition) is 2. The number of amidine groups is 1. The van der Waals surface area contributed by atoms with Crippen molar-refractivity contribution in [2.45, 2.75) is 39.2 Å². The first-order valence-electron chi connectivity index (χ1n) is 9.79. The first kappa shape index (κ1) is 21.3. The molecule has 0 atom stereocenters. The molecule has 9 nitrogen and oxygen atoms in total. The summed E-state index contributed by atoms with van der Waals surface area (Å²) in [6.45, 7) is 4.53. The molecule has 0 aliphatic carbocycles. The second-order valence-electron chi connectivity index (χ2n) is 7.34. The van der Waals surface area contributed by atoms with Gasteiger partial charge in [-0.1, -0.05) is 24.6 Å². The van der Waals surface area contributed by atoms with E-state index >= 15 is 0 Å². The van der Waals surface area contributed by atoms with Gasteiger partial charge in [0.25, 0.3) is 11.8 Å². The molecular formula is C19H27N5O4S. The van der Waals surface area contributed by atoms with Crippen LogP contribution in [0.4, 0.5) is 5.69 Å². The van der Waals surface area contributed by atoms with Crippen molar-refractivity contribution in [2.75, 3.05) is 30.4 Å². The molecule has 2 aliphatic heterocycles. The van der Waals surface area contributed by atoms with Gasteiger partial charge in [0.1, 0.15) is 6.54 Å². The summed E-state index contributed by atoms with van der Waals surface area (Å²) in [4.78, 5) is 30.8. The van der Waals surface area contributed by atoms with E-state index in [2.05, 4.69) is 15.1 Å². The fourth-order valence-electron chi connectivity index (χ4n) is 3.37. The summed E-state index contributed by atoms with van der Waals surface area (Å²) in [5.41, 5.74) is 4.55. The van der Waals surface area contributed by atoms with E-state index < -0.39 is 10.0 Å². The number of carbonyl (C=O) groups excluding carboxylic acids is 2. The Hall–Kier alpha value is -2.46. The van der Waals surface area contributed by atoms with Gasteiger partial charge in [-0.15, -0.1) is 0 Å². The quantitative estimate of drug-likeness (QED) is 0.697.